The third-order valence-corrected chi connectivity index (χ3v) is 7.60. The number of aromatic nitrogens is 2. The van der Waals surface area contributed by atoms with Gasteiger partial charge in [-0.3, -0.25) is 14.4 Å². The van der Waals surface area contributed by atoms with Crippen LogP contribution in [-0.4, -0.2) is 117 Å². The quantitative estimate of drug-likeness (QED) is 0.346. The van der Waals surface area contributed by atoms with E-state index in [1.807, 2.05) is 33.9 Å². The predicted octanol–water partition coefficient (Wildman–Crippen LogP) is 4.22. The normalized spacial score (nSPS) is 17.0. The van der Waals surface area contributed by atoms with Crippen LogP contribution in [-0.2, 0) is 9.59 Å². The Morgan fingerprint density at radius 2 is 1.29 bits per heavy atom. The minimum absolute atomic E-state index is 0. The third-order valence-electron chi connectivity index (χ3n) is 7.60. The monoisotopic (exact) mass is 690 g/mol. The molecule has 2 atom stereocenters. The standard InChI is InChI=1S/C17H26N4O2.C10H14N2O2.C7H14N2O.ClH/c1-12(22)20(5)14-8-9-21(11-14)16(23)13-6-7-15(18-10-13)19-17(2,3)4;1-10(2,3)12-8-5-4-7(6-11-8)9(13)14;1-6(10)9(2)7-3-4-8-5-7;/h6-7,10,14H,8-9,11H2,1-5H3,(H,18,19);4-6H,1-3H3,(H,11,12)(H,13,14);7-8H,3-5H2,1-2H3;1H/t14-;;7-;/m0.0./s1. The van der Waals surface area contributed by atoms with Crippen molar-refractivity contribution >= 4 is 47.7 Å². The number of aromatic carboxylic acids is 1. The minimum atomic E-state index is -0.959. The summed E-state index contributed by atoms with van der Waals surface area (Å²) < 4.78 is 0. The molecule has 268 valence electrons. The lowest BCUT2D eigenvalue weighted by Gasteiger charge is -2.23. The zero-order chi connectivity index (χ0) is 35.5. The largest absolute Gasteiger partial charge is 0.478 e. The molecule has 4 N–H and O–H groups in total. The first-order valence-electron chi connectivity index (χ1n) is 16.0. The van der Waals surface area contributed by atoms with Gasteiger partial charge in [-0.05, 0) is 85.2 Å². The highest BCUT2D eigenvalue weighted by atomic mass is 35.5. The van der Waals surface area contributed by atoms with Crippen LogP contribution in [0.3, 0.4) is 0 Å². The van der Waals surface area contributed by atoms with E-state index >= 15 is 0 Å². The van der Waals surface area contributed by atoms with Crippen molar-refractivity contribution in [3.8, 4) is 0 Å². The van der Waals surface area contributed by atoms with Crippen LogP contribution in [0.15, 0.2) is 36.7 Å². The maximum atomic E-state index is 12.5. The maximum Gasteiger partial charge on any atom is 0.337 e. The lowest BCUT2D eigenvalue weighted by molar-refractivity contribution is -0.130. The van der Waals surface area contributed by atoms with Crippen LogP contribution >= 0.6 is 12.4 Å². The Bertz CT molecular complexity index is 1340. The van der Waals surface area contributed by atoms with E-state index in [-0.39, 0.29) is 52.8 Å². The third kappa shape index (κ3) is 14.4. The lowest BCUT2D eigenvalue weighted by atomic mass is 10.1. The predicted molar refractivity (Wildman–Crippen MR) is 192 cm³/mol. The van der Waals surface area contributed by atoms with Crippen molar-refractivity contribution in [1.82, 2.24) is 30.0 Å². The van der Waals surface area contributed by atoms with Gasteiger partial charge in [-0.25, -0.2) is 14.8 Å². The number of carboxylic acids is 1. The maximum absolute atomic E-state index is 12.5. The molecule has 0 aliphatic carbocycles. The zero-order valence-corrected chi connectivity index (χ0v) is 30.9. The Kier molecular flexibility index (Phi) is 16.2. The van der Waals surface area contributed by atoms with Crippen molar-refractivity contribution < 1.29 is 24.3 Å². The molecule has 2 aromatic heterocycles. The fourth-order valence-corrected chi connectivity index (χ4v) is 4.87. The number of likely N-dealkylation sites (tertiary alicyclic amines) is 1. The van der Waals surface area contributed by atoms with E-state index in [0.29, 0.717) is 30.5 Å². The number of anilines is 2. The fourth-order valence-electron chi connectivity index (χ4n) is 4.87. The molecule has 0 bridgehead atoms. The molecule has 0 radical (unpaired) electrons. The Morgan fingerprint density at radius 1 is 0.812 bits per heavy atom. The average Bonchev–Trinajstić information content (AvgIpc) is 3.69. The summed E-state index contributed by atoms with van der Waals surface area (Å²) >= 11 is 0. The average molecular weight is 691 g/mol. The van der Waals surface area contributed by atoms with E-state index in [1.165, 1.54) is 12.3 Å². The van der Waals surface area contributed by atoms with Crippen molar-refractivity contribution in [3.05, 3.63) is 47.8 Å². The Hall–Kier alpha value is -3.97. The van der Waals surface area contributed by atoms with Crippen LogP contribution < -0.4 is 16.0 Å². The number of halogens is 1. The molecule has 14 heteroatoms. The van der Waals surface area contributed by atoms with Crippen molar-refractivity contribution in [1.29, 1.82) is 0 Å². The highest BCUT2D eigenvalue weighted by Gasteiger charge is 2.30. The Morgan fingerprint density at radius 3 is 1.67 bits per heavy atom. The van der Waals surface area contributed by atoms with Gasteiger partial charge in [0.15, 0.2) is 0 Å². The van der Waals surface area contributed by atoms with Crippen LogP contribution in [0.5, 0.6) is 0 Å². The Balaban J connectivity index is 0.000000392. The number of nitrogens with one attached hydrogen (secondary N) is 3. The first kappa shape index (κ1) is 42.1. The highest BCUT2D eigenvalue weighted by molar-refractivity contribution is 5.94. The smallest absolute Gasteiger partial charge is 0.337 e. The lowest BCUT2D eigenvalue weighted by Crippen LogP contribution is -2.38. The number of carbonyl (C=O) groups excluding carboxylic acids is 3. The van der Waals surface area contributed by atoms with Crippen LogP contribution in [0.1, 0.15) is 88.9 Å². The summed E-state index contributed by atoms with van der Waals surface area (Å²) in [6, 6.07) is 7.35. The first-order chi connectivity index (χ1) is 21.8. The summed E-state index contributed by atoms with van der Waals surface area (Å²) in [5.74, 6) is 0.642. The van der Waals surface area contributed by atoms with Gasteiger partial charge in [0.1, 0.15) is 11.6 Å². The second kappa shape index (κ2) is 18.5. The molecule has 0 aromatic carbocycles. The number of carboxylic acid groups (broad SMARTS) is 1. The van der Waals surface area contributed by atoms with Crippen LogP contribution in [0.4, 0.5) is 11.6 Å². The van der Waals surface area contributed by atoms with Crippen LogP contribution in [0.2, 0.25) is 0 Å². The van der Waals surface area contributed by atoms with Gasteiger partial charge in [-0.15, -0.1) is 12.4 Å². The van der Waals surface area contributed by atoms with E-state index in [0.717, 1.165) is 31.7 Å². The van der Waals surface area contributed by atoms with Gasteiger partial charge in [-0.1, -0.05) is 0 Å². The highest BCUT2D eigenvalue weighted by Crippen LogP contribution is 2.19. The number of amides is 3. The fraction of sp³-hybridized carbons (Fsp3) is 0.588. The molecule has 13 nitrogen and oxygen atoms in total. The van der Waals surface area contributed by atoms with E-state index in [9.17, 15) is 19.2 Å². The summed E-state index contributed by atoms with van der Waals surface area (Å²) in [6.45, 7) is 18.6. The van der Waals surface area contributed by atoms with Crippen LogP contribution in [0, 0.1) is 0 Å². The molecular weight excluding hydrogens is 636 g/mol. The van der Waals surface area contributed by atoms with Gasteiger partial charge in [-0.2, -0.15) is 0 Å². The number of carbonyl (C=O) groups is 4. The topological polar surface area (TPSA) is 160 Å². The summed E-state index contributed by atoms with van der Waals surface area (Å²) in [6.07, 6.45) is 4.86. The minimum Gasteiger partial charge on any atom is -0.478 e. The molecule has 2 aliphatic heterocycles. The molecule has 0 saturated carbocycles. The van der Waals surface area contributed by atoms with Gasteiger partial charge in [0, 0.05) is 77.1 Å². The SMILES string of the molecule is CC(=O)N(C)[C@H]1CCN(C(=O)c2ccc(NC(C)(C)C)nc2)C1.CC(=O)N(C)[C@H]1CCNC1.CC(C)(C)Nc1ccc(C(=O)O)cn1.Cl. The van der Waals surface area contributed by atoms with Crippen molar-refractivity contribution in [2.45, 2.75) is 91.4 Å². The van der Waals surface area contributed by atoms with Gasteiger partial charge in [0.2, 0.25) is 11.8 Å². The number of likely N-dealkylation sites (N-methyl/N-ethyl adjacent to an activating group) is 2. The molecule has 0 unspecified atom stereocenters. The number of nitrogens with zero attached hydrogens (tertiary/aromatic N) is 5. The van der Waals surface area contributed by atoms with Crippen molar-refractivity contribution in [3.63, 3.8) is 0 Å². The van der Waals surface area contributed by atoms with E-state index in [2.05, 4.69) is 46.7 Å². The van der Waals surface area contributed by atoms with Gasteiger partial charge in [0.25, 0.3) is 5.91 Å². The summed E-state index contributed by atoms with van der Waals surface area (Å²) in [7, 11) is 3.65. The van der Waals surface area contributed by atoms with Crippen molar-refractivity contribution in [2.75, 3.05) is 50.9 Å². The number of pyridine rings is 2. The van der Waals surface area contributed by atoms with E-state index < -0.39 is 5.97 Å². The zero-order valence-electron chi connectivity index (χ0n) is 30.1. The molecule has 2 fully saturated rings. The molecular formula is C34H55ClN8O5. The van der Waals surface area contributed by atoms with Gasteiger partial charge in [0.05, 0.1) is 17.2 Å². The number of hydrogen-bond donors (Lipinski definition) is 4. The molecule has 2 aliphatic rings. The number of hydrogen-bond acceptors (Lipinski definition) is 9. The van der Waals surface area contributed by atoms with Crippen LogP contribution in [0.25, 0.3) is 0 Å². The second-order valence-electron chi connectivity index (χ2n) is 14.0. The molecule has 3 amide bonds. The molecule has 4 heterocycles. The van der Waals surface area contributed by atoms with Gasteiger partial charge < -0.3 is 35.8 Å². The Labute approximate surface area is 291 Å². The van der Waals surface area contributed by atoms with Crippen molar-refractivity contribution in [2.24, 2.45) is 0 Å². The van der Waals surface area contributed by atoms with E-state index in [1.54, 1.807) is 53.9 Å². The summed E-state index contributed by atoms with van der Waals surface area (Å²) in [4.78, 5) is 59.0. The second-order valence-corrected chi connectivity index (χ2v) is 14.0. The summed E-state index contributed by atoms with van der Waals surface area (Å²) in [5, 5.41) is 18.3. The molecule has 4 rings (SSSR count). The molecule has 48 heavy (non-hydrogen) atoms. The molecule has 0 spiro atoms. The van der Waals surface area contributed by atoms with E-state index in [4.69, 9.17) is 5.11 Å². The number of rotatable bonds is 6. The van der Waals surface area contributed by atoms with Gasteiger partial charge >= 0.3 is 5.97 Å². The first-order valence-corrected chi connectivity index (χ1v) is 16.0. The molecule has 2 aromatic rings. The summed E-state index contributed by atoms with van der Waals surface area (Å²) in [5.41, 5.74) is 0.635. The molecule has 2 saturated heterocycles.